The maximum Gasteiger partial charge on any atom is 0.196 e. The van der Waals surface area contributed by atoms with Gasteiger partial charge in [0.2, 0.25) is 0 Å². The summed E-state index contributed by atoms with van der Waals surface area (Å²) in [5, 5.41) is 9.27. The predicted molar refractivity (Wildman–Crippen MR) is 84.6 cm³/mol. The van der Waals surface area contributed by atoms with Gasteiger partial charge in [0, 0.05) is 17.5 Å². The molecule has 0 amide bonds. The first kappa shape index (κ1) is 13.7. The first-order chi connectivity index (χ1) is 10.3. The summed E-state index contributed by atoms with van der Waals surface area (Å²) in [6.07, 6.45) is 3.85. The number of para-hydroxylation sites is 1. The molecule has 21 heavy (non-hydrogen) atoms. The van der Waals surface area contributed by atoms with Gasteiger partial charge in [-0.3, -0.25) is 4.57 Å². The molecule has 5 heteroatoms. The Bertz CT molecular complexity index is 723. The van der Waals surface area contributed by atoms with Gasteiger partial charge in [0.05, 0.1) is 7.11 Å². The summed E-state index contributed by atoms with van der Waals surface area (Å²) in [5.41, 5.74) is 1.99. The molecule has 0 saturated carbocycles. The van der Waals surface area contributed by atoms with Crippen LogP contribution in [0.4, 0.5) is 0 Å². The van der Waals surface area contributed by atoms with Crippen LogP contribution in [0.25, 0.3) is 17.1 Å². The first-order valence-corrected chi connectivity index (χ1v) is 7.39. The molecule has 0 aliphatic carbocycles. The Balaban J connectivity index is 2.12. The standard InChI is InChI=1S/C16H14N3OS/c1-20-14-10-8-12(9-11-14)15-17-18-16(21-2)19(15)13-6-4-3-5-7-13/h3-11H,2H2,1H3. The van der Waals surface area contributed by atoms with Crippen molar-refractivity contribution in [1.82, 2.24) is 14.8 Å². The lowest BCUT2D eigenvalue weighted by atomic mass is 10.2. The zero-order chi connectivity index (χ0) is 14.7. The number of ether oxygens (including phenoxy) is 1. The van der Waals surface area contributed by atoms with Gasteiger partial charge in [-0.1, -0.05) is 30.0 Å². The highest BCUT2D eigenvalue weighted by Gasteiger charge is 2.14. The third-order valence-corrected chi connectivity index (χ3v) is 3.65. The molecule has 0 spiro atoms. The molecular weight excluding hydrogens is 282 g/mol. The quantitative estimate of drug-likeness (QED) is 0.686. The normalized spacial score (nSPS) is 10.6. The van der Waals surface area contributed by atoms with E-state index in [0.29, 0.717) is 0 Å². The summed E-state index contributed by atoms with van der Waals surface area (Å²) in [6.45, 7) is 0. The zero-order valence-corrected chi connectivity index (χ0v) is 12.4. The largest absolute Gasteiger partial charge is 0.497 e. The SMILES string of the molecule is [CH2]Sc1nnc(-c2ccc(OC)cc2)n1-c1ccccc1. The van der Waals surface area contributed by atoms with E-state index in [0.717, 1.165) is 28.0 Å². The minimum Gasteiger partial charge on any atom is -0.497 e. The number of rotatable bonds is 4. The molecular formula is C16H14N3OS. The molecule has 0 aliphatic heterocycles. The summed E-state index contributed by atoms with van der Waals surface area (Å²) >= 11 is 1.33. The van der Waals surface area contributed by atoms with Gasteiger partial charge in [-0.05, 0) is 36.4 Å². The number of nitrogens with zero attached hydrogens (tertiary/aromatic N) is 3. The summed E-state index contributed by atoms with van der Waals surface area (Å²) in [4.78, 5) is 0. The lowest BCUT2D eigenvalue weighted by molar-refractivity contribution is 0.415. The Hall–Kier alpha value is -2.27. The molecule has 0 N–H and O–H groups in total. The van der Waals surface area contributed by atoms with Gasteiger partial charge in [-0.25, -0.2) is 0 Å². The molecule has 3 aromatic rings. The molecule has 0 atom stereocenters. The van der Waals surface area contributed by atoms with Crippen LogP contribution in [0.2, 0.25) is 0 Å². The summed E-state index contributed by atoms with van der Waals surface area (Å²) < 4.78 is 7.19. The Kier molecular flexibility index (Phi) is 3.92. The zero-order valence-electron chi connectivity index (χ0n) is 11.6. The van der Waals surface area contributed by atoms with Crippen LogP contribution in [0, 0.1) is 6.26 Å². The van der Waals surface area contributed by atoms with Gasteiger partial charge in [0.15, 0.2) is 11.0 Å². The van der Waals surface area contributed by atoms with E-state index in [-0.39, 0.29) is 0 Å². The number of benzene rings is 2. The molecule has 0 aliphatic rings. The Morgan fingerprint density at radius 3 is 2.33 bits per heavy atom. The topological polar surface area (TPSA) is 39.9 Å². The molecule has 4 nitrogen and oxygen atoms in total. The summed E-state index contributed by atoms with van der Waals surface area (Å²) in [6, 6.07) is 17.8. The van der Waals surface area contributed by atoms with Crippen LogP contribution in [0.3, 0.4) is 0 Å². The van der Waals surface area contributed by atoms with E-state index in [1.54, 1.807) is 7.11 Å². The maximum atomic E-state index is 5.19. The van der Waals surface area contributed by atoms with Gasteiger partial charge in [-0.15, -0.1) is 10.2 Å². The molecule has 2 aromatic carbocycles. The van der Waals surface area contributed by atoms with E-state index >= 15 is 0 Å². The second-order valence-electron chi connectivity index (χ2n) is 4.35. The average molecular weight is 296 g/mol. The van der Waals surface area contributed by atoms with Crippen LogP contribution >= 0.6 is 11.8 Å². The van der Waals surface area contributed by atoms with Crippen LogP contribution in [-0.2, 0) is 0 Å². The van der Waals surface area contributed by atoms with Gasteiger partial charge < -0.3 is 4.74 Å². The van der Waals surface area contributed by atoms with E-state index in [4.69, 9.17) is 4.74 Å². The van der Waals surface area contributed by atoms with Crippen LogP contribution in [0.1, 0.15) is 0 Å². The van der Waals surface area contributed by atoms with Gasteiger partial charge in [-0.2, -0.15) is 0 Å². The van der Waals surface area contributed by atoms with Crippen LogP contribution < -0.4 is 4.74 Å². The van der Waals surface area contributed by atoms with E-state index < -0.39 is 0 Å². The van der Waals surface area contributed by atoms with Crippen molar-refractivity contribution in [2.45, 2.75) is 5.16 Å². The fraction of sp³-hybridized carbons (Fsp3) is 0.0625. The number of thioether (sulfide) groups is 1. The third kappa shape index (κ3) is 2.64. The summed E-state index contributed by atoms with van der Waals surface area (Å²) in [5.74, 6) is 1.60. The number of hydrogen-bond donors (Lipinski definition) is 0. The van der Waals surface area contributed by atoms with Gasteiger partial charge in [0.1, 0.15) is 5.75 Å². The third-order valence-electron chi connectivity index (χ3n) is 3.13. The maximum absolute atomic E-state index is 5.19. The van der Waals surface area contributed by atoms with Crippen LogP contribution in [-0.4, -0.2) is 21.9 Å². The van der Waals surface area contributed by atoms with Crippen molar-refractivity contribution in [3.63, 3.8) is 0 Å². The first-order valence-electron chi connectivity index (χ1n) is 6.41. The highest BCUT2D eigenvalue weighted by atomic mass is 32.2. The molecule has 1 radical (unpaired) electrons. The molecule has 1 heterocycles. The molecule has 1 aromatic heterocycles. The molecule has 0 fully saturated rings. The molecule has 105 valence electrons. The van der Waals surface area contributed by atoms with E-state index in [2.05, 4.69) is 16.5 Å². The number of methoxy groups -OCH3 is 1. The van der Waals surface area contributed by atoms with Crippen molar-refractivity contribution in [3.05, 3.63) is 60.9 Å². The van der Waals surface area contributed by atoms with Crippen molar-refractivity contribution < 1.29 is 4.74 Å². The molecule has 0 unspecified atom stereocenters. The molecule has 0 saturated heterocycles. The Morgan fingerprint density at radius 2 is 1.71 bits per heavy atom. The van der Waals surface area contributed by atoms with Crippen molar-refractivity contribution in [3.8, 4) is 22.8 Å². The van der Waals surface area contributed by atoms with E-state index in [9.17, 15) is 0 Å². The molecule has 0 bridgehead atoms. The van der Waals surface area contributed by atoms with Crippen molar-refractivity contribution >= 4 is 11.8 Å². The van der Waals surface area contributed by atoms with Crippen LogP contribution in [0.15, 0.2) is 59.8 Å². The lowest BCUT2D eigenvalue weighted by Crippen LogP contribution is -1.98. The monoisotopic (exact) mass is 296 g/mol. The highest BCUT2D eigenvalue weighted by molar-refractivity contribution is 8.00. The van der Waals surface area contributed by atoms with Crippen molar-refractivity contribution in [2.24, 2.45) is 0 Å². The second-order valence-corrected chi connectivity index (χ2v) is 5.00. The van der Waals surface area contributed by atoms with Crippen LogP contribution in [0.5, 0.6) is 5.75 Å². The molecule has 3 rings (SSSR count). The minimum absolute atomic E-state index is 0.756. The summed E-state index contributed by atoms with van der Waals surface area (Å²) in [7, 11) is 1.65. The average Bonchev–Trinajstić information content (AvgIpc) is 2.99. The highest BCUT2D eigenvalue weighted by Crippen LogP contribution is 2.28. The smallest absolute Gasteiger partial charge is 0.196 e. The lowest BCUT2D eigenvalue weighted by Gasteiger charge is -2.09. The number of hydrogen-bond acceptors (Lipinski definition) is 4. The fourth-order valence-corrected chi connectivity index (χ4v) is 2.52. The van der Waals surface area contributed by atoms with E-state index in [1.165, 1.54) is 11.8 Å². The minimum atomic E-state index is 0.756. The van der Waals surface area contributed by atoms with E-state index in [1.807, 2.05) is 59.2 Å². The Morgan fingerprint density at radius 1 is 1.00 bits per heavy atom. The predicted octanol–water partition coefficient (Wildman–Crippen LogP) is 3.83. The number of aromatic nitrogens is 3. The fourth-order valence-electron chi connectivity index (χ4n) is 2.10. The van der Waals surface area contributed by atoms with Gasteiger partial charge in [0.25, 0.3) is 0 Å². The van der Waals surface area contributed by atoms with Crippen molar-refractivity contribution in [2.75, 3.05) is 7.11 Å². The van der Waals surface area contributed by atoms with Crippen molar-refractivity contribution in [1.29, 1.82) is 0 Å². The second kappa shape index (κ2) is 6.01. The van der Waals surface area contributed by atoms with Gasteiger partial charge >= 0.3 is 0 Å². The Labute approximate surface area is 127 Å².